The molecule has 0 saturated heterocycles. The molecule has 0 amide bonds. The van der Waals surface area contributed by atoms with Gasteiger partial charge in [-0.1, -0.05) is 19.8 Å². The molecule has 0 heterocycles. The van der Waals surface area contributed by atoms with Crippen molar-refractivity contribution < 1.29 is 9.53 Å². The molecule has 0 bridgehead atoms. The highest BCUT2D eigenvalue weighted by Gasteiger charge is 2.48. The molecule has 108 valence electrons. The summed E-state index contributed by atoms with van der Waals surface area (Å²) in [5.41, 5.74) is 4.23. The van der Waals surface area contributed by atoms with Crippen LogP contribution in [0.5, 0.6) is 5.75 Å². The van der Waals surface area contributed by atoms with Crippen molar-refractivity contribution in [1.29, 1.82) is 0 Å². The summed E-state index contributed by atoms with van der Waals surface area (Å²) >= 11 is 0. The Kier molecular flexibility index (Phi) is 3.15. The molecule has 1 unspecified atom stereocenters. The second-order valence-corrected chi connectivity index (χ2v) is 6.77. The average molecular weight is 272 g/mol. The fourth-order valence-corrected chi connectivity index (χ4v) is 4.27. The third-order valence-electron chi connectivity index (χ3n) is 5.71. The van der Waals surface area contributed by atoms with Gasteiger partial charge in [-0.15, -0.1) is 0 Å². The molecule has 2 nitrogen and oxygen atoms in total. The first-order valence-electron chi connectivity index (χ1n) is 7.71. The molecule has 3 rings (SSSR count). The smallest absolute Gasteiger partial charge is 0.169 e. The van der Waals surface area contributed by atoms with Crippen LogP contribution in [0.4, 0.5) is 0 Å². The predicted octanol–water partition coefficient (Wildman–Crippen LogP) is 4.25. The monoisotopic (exact) mass is 272 g/mol. The van der Waals surface area contributed by atoms with Gasteiger partial charge in [0.25, 0.3) is 0 Å². The molecule has 1 fully saturated rings. The molecule has 2 aliphatic carbocycles. The van der Waals surface area contributed by atoms with Gasteiger partial charge in [-0.05, 0) is 61.8 Å². The summed E-state index contributed by atoms with van der Waals surface area (Å²) in [6.45, 7) is 6.30. The maximum Gasteiger partial charge on any atom is 0.169 e. The number of carbonyl (C=O) groups is 1. The number of Topliss-reactive ketones (excluding diaryl/α,β-unsaturated/α-hetero) is 1. The van der Waals surface area contributed by atoms with Crippen LogP contribution in [0, 0.1) is 25.2 Å². The molecule has 1 atom stereocenters. The van der Waals surface area contributed by atoms with Crippen molar-refractivity contribution in [3.63, 3.8) is 0 Å². The van der Waals surface area contributed by atoms with Crippen LogP contribution in [0.25, 0.3) is 0 Å². The Morgan fingerprint density at radius 1 is 1.20 bits per heavy atom. The second kappa shape index (κ2) is 4.61. The summed E-state index contributed by atoms with van der Waals surface area (Å²) in [7, 11) is 1.71. The Labute approximate surface area is 121 Å². The molecule has 0 aromatic heterocycles. The lowest BCUT2D eigenvalue weighted by Gasteiger charge is -2.29. The number of carbonyl (C=O) groups excluding carboxylic acids is 1. The standard InChI is InChI=1S/C18H24O2/c1-11-12(2)16-13(9-15(11)20-4)10-18(3,17(16)19)14-7-5-6-8-14/h9,14H,5-8,10H2,1-4H3. The molecule has 2 heteroatoms. The van der Waals surface area contributed by atoms with Crippen LogP contribution < -0.4 is 4.74 Å². The second-order valence-electron chi connectivity index (χ2n) is 6.77. The van der Waals surface area contributed by atoms with Gasteiger partial charge in [0, 0.05) is 11.0 Å². The lowest BCUT2D eigenvalue weighted by molar-refractivity contribution is 0.0743. The van der Waals surface area contributed by atoms with E-state index >= 15 is 0 Å². The Morgan fingerprint density at radius 3 is 2.45 bits per heavy atom. The van der Waals surface area contributed by atoms with Crippen LogP contribution in [0.2, 0.25) is 0 Å². The number of ether oxygens (including phenoxy) is 1. The molecule has 0 spiro atoms. The van der Waals surface area contributed by atoms with Gasteiger partial charge in [0.2, 0.25) is 0 Å². The molecule has 0 aliphatic heterocycles. The van der Waals surface area contributed by atoms with Gasteiger partial charge in [0.05, 0.1) is 7.11 Å². The molecule has 1 aromatic carbocycles. The molecular weight excluding hydrogens is 248 g/mol. The third-order valence-corrected chi connectivity index (χ3v) is 5.71. The van der Waals surface area contributed by atoms with Gasteiger partial charge in [0.15, 0.2) is 5.78 Å². The van der Waals surface area contributed by atoms with E-state index in [-0.39, 0.29) is 5.41 Å². The van der Waals surface area contributed by atoms with Crippen molar-refractivity contribution in [2.45, 2.75) is 52.9 Å². The molecule has 0 N–H and O–H groups in total. The first-order valence-corrected chi connectivity index (χ1v) is 7.71. The quantitative estimate of drug-likeness (QED) is 0.804. The average Bonchev–Trinajstić information content (AvgIpc) is 3.03. The highest BCUT2D eigenvalue weighted by molar-refractivity contribution is 6.06. The number of methoxy groups -OCH3 is 1. The van der Waals surface area contributed by atoms with Crippen LogP contribution in [-0.4, -0.2) is 12.9 Å². The summed E-state index contributed by atoms with van der Waals surface area (Å²) in [5, 5.41) is 0. The Hall–Kier alpha value is -1.31. The fourth-order valence-electron chi connectivity index (χ4n) is 4.27. The number of fused-ring (bicyclic) bond motifs is 1. The van der Waals surface area contributed by atoms with Gasteiger partial charge in [0.1, 0.15) is 5.75 Å². The molecule has 0 radical (unpaired) electrons. The van der Waals surface area contributed by atoms with Crippen LogP contribution in [0.3, 0.4) is 0 Å². The number of hydrogen-bond acceptors (Lipinski definition) is 2. The van der Waals surface area contributed by atoms with Crippen molar-refractivity contribution in [3.8, 4) is 5.75 Å². The lowest BCUT2D eigenvalue weighted by Crippen LogP contribution is -2.32. The zero-order valence-electron chi connectivity index (χ0n) is 13.0. The van der Waals surface area contributed by atoms with Gasteiger partial charge < -0.3 is 4.74 Å². The molecule has 2 aliphatic rings. The predicted molar refractivity (Wildman–Crippen MR) is 80.6 cm³/mol. The minimum atomic E-state index is -0.178. The summed E-state index contributed by atoms with van der Waals surface area (Å²) in [5.74, 6) is 1.86. The van der Waals surface area contributed by atoms with Crippen molar-refractivity contribution in [1.82, 2.24) is 0 Å². The lowest BCUT2D eigenvalue weighted by atomic mass is 9.73. The van der Waals surface area contributed by atoms with Gasteiger partial charge >= 0.3 is 0 Å². The molecule has 1 saturated carbocycles. The van der Waals surface area contributed by atoms with E-state index in [1.807, 2.05) is 6.92 Å². The zero-order chi connectivity index (χ0) is 14.5. The Morgan fingerprint density at radius 2 is 1.85 bits per heavy atom. The van der Waals surface area contributed by atoms with Crippen molar-refractivity contribution in [3.05, 3.63) is 28.3 Å². The zero-order valence-corrected chi connectivity index (χ0v) is 13.0. The van der Waals surface area contributed by atoms with Crippen LogP contribution in [0.1, 0.15) is 59.7 Å². The van der Waals surface area contributed by atoms with Crippen LogP contribution in [-0.2, 0) is 6.42 Å². The number of benzene rings is 1. The minimum absolute atomic E-state index is 0.178. The highest BCUT2D eigenvalue weighted by atomic mass is 16.5. The molecule has 1 aromatic rings. The van der Waals surface area contributed by atoms with Crippen LogP contribution >= 0.6 is 0 Å². The van der Waals surface area contributed by atoms with Gasteiger partial charge in [-0.25, -0.2) is 0 Å². The van der Waals surface area contributed by atoms with E-state index in [0.29, 0.717) is 11.7 Å². The summed E-state index contributed by atoms with van der Waals surface area (Å²) in [4.78, 5) is 13.0. The normalized spacial score (nSPS) is 26.1. The SMILES string of the molecule is COc1cc2c(c(C)c1C)C(=O)C(C)(C1CCCC1)C2. The Bertz CT molecular complexity index is 567. The van der Waals surface area contributed by atoms with E-state index in [1.165, 1.54) is 31.2 Å². The Balaban J connectivity index is 2.08. The maximum atomic E-state index is 13.0. The molecule has 20 heavy (non-hydrogen) atoms. The van der Waals surface area contributed by atoms with E-state index in [0.717, 1.165) is 28.9 Å². The van der Waals surface area contributed by atoms with E-state index in [4.69, 9.17) is 4.74 Å². The van der Waals surface area contributed by atoms with E-state index in [9.17, 15) is 4.79 Å². The largest absolute Gasteiger partial charge is 0.496 e. The van der Waals surface area contributed by atoms with E-state index < -0.39 is 0 Å². The molecular formula is C18H24O2. The highest BCUT2D eigenvalue weighted by Crippen LogP contribution is 2.50. The van der Waals surface area contributed by atoms with Gasteiger partial charge in [-0.2, -0.15) is 0 Å². The summed E-state index contributed by atoms with van der Waals surface area (Å²) in [6, 6.07) is 2.09. The third kappa shape index (κ3) is 1.73. The first kappa shape index (κ1) is 13.7. The number of ketones is 1. The summed E-state index contributed by atoms with van der Waals surface area (Å²) in [6.07, 6.45) is 5.89. The van der Waals surface area contributed by atoms with Crippen molar-refractivity contribution >= 4 is 5.78 Å². The van der Waals surface area contributed by atoms with Crippen molar-refractivity contribution in [2.24, 2.45) is 11.3 Å². The minimum Gasteiger partial charge on any atom is -0.496 e. The van der Waals surface area contributed by atoms with E-state index in [2.05, 4.69) is 19.9 Å². The van der Waals surface area contributed by atoms with E-state index in [1.54, 1.807) is 7.11 Å². The van der Waals surface area contributed by atoms with Gasteiger partial charge in [-0.3, -0.25) is 4.79 Å². The topological polar surface area (TPSA) is 26.3 Å². The number of rotatable bonds is 2. The van der Waals surface area contributed by atoms with Crippen LogP contribution in [0.15, 0.2) is 6.07 Å². The summed E-state index contributed by atoms with van der Waals surface area (Å²) < 4.78 is 5.47. The maximum absolute atomic E-state index is 13.0. The number of hydrogen-bond donors (Lipinski definition) is 0. The van der Waals surface area contributed by atoms with Crippen molar-refractivity contribution in [2.75, 3.05) is 7.11 Å². The fraction of sp³-hybridized carbons (Fsp3) is 0.611. The first-order chi connectivity index (χ1) is 9.49.